The second-order valence-corrected chi connectivity index (χ2v) is 2.28. The molecule has 0 amide bonds. The largest absolute Gasteiger partial charge is 0.287 e. The lowest BCUT2D eigenvalue weighted by atomic mass is 10.2. The van der Waals surface area contributed by atoms with E-state index in [1.165, 1.54) is 6.07 Å². The molecule has 0 fully saturated rings. The van der Waals surface area contributed by atoms with E-state index in [-0.39, 0.29) is 5.56 Å². The zero-order valence-corrected chi connectivity index (χ0v) is 6.82. The second kappa shape index (κ2) is 4.01. The highest BCUT2D eigenvalue weighted by atomic mass is 19.1. The summed E-state index contributed by atoms with van der Waals surface area (Å²) in [5.41, 5.74) is -0.411. The summed E-state index contributed by atoms with van der Waals surface area (Å²) in [6.07, 6.45) is 0. The Morgan fingerprint density at radius 3 is 2.79 bits per heavy atom. The topological polar surface area (TPSA) is 66.9 Å². The van der Waals surface area contributed by atoms with Crippen LogP contribution >= 0.6 is 0 Å². The monoisotopic (exact) mass is 190 g/mol. The van der Waals surface area contributed by atoms with Crippen LogP contribution in [0.4, 0.5) is 10.1 Å². The lowest BCUT2D eigenvalue weighted by Crippen LogP contribution is -1.92. The molecule has 0 aromatic heterocycles. The van der Waals surface area contributed by atoms with Crippen molar-refractivity contribution >= 4 is 5.69 Å². The Morgan fingerprint density at radius 1 is 1.50 bits per heavy atom. The van der Waals surface area contributed by atoms with Gasteiger partial charge in [-0.15, -0.1) is 0 Å². The highest BCUT2D eigenvalue weighted by Crippen LogP contribution is 2.18. The summed E-state index contributed by atoms with van der Waals surface area (Å²) in [7, 11) is 0. The van der Waals surface area contributed by atoms with Crippen LogP contribution in [0, 0.1) is 39.1 Å². The predicted octanol–water partition coefficient (Wildman–Crippen LogP) is 1.61. The van der Waals surface area contributed by atoms with E-state index >= 15 is 0 Å². The standard InChI is InChI=1S/C9H3FN2O2/c10-8-4-3-7(2-1-5-11)9(6-8)12(13)14/h3-4,6H. The molecule has 0 saturated carbocycles. The summed E-state index contributed by atoms with van der Waals surface area (Å²) in [5, 5.41) is 18.6. The molecule has 0 bridgehead atoms. The van der Waals surface area contributed by atoms with Gasteiger partial charge in [0.15, 0.2) is 6.07 Å². The molecule has 0 heterocycles. The molecule has 1 aromatic rings. The second-order valence-electron chi connectivity index (χ2n) is 2.28. The van der Waals surface area contributed by atoms with E-state index in [9.17, 15) is 14.5 Å². The van der Waals surface area contributed by atoms with Crippen molar-refractivity contribution in [3.8, 4) is 17.9 Å². The maximum atomic E-state index is 12.6. The molecule has 4 nitrogen and oxygen atoms in total. The molecule has 0 spiro atoms. The Hall–Kier alpha value is -2.40. The van der Waals surface area contributed by atoms with E-state index in [1.54, 1.807) is 0 Å². The molecule has 1 rings (SSSR count). The van der Waals surface area contributed by atoms with Crippen molar-refractivity contribution < 1.29 is 9.31 Å². The van der Waals surface area contributed by atoms with Gasteiger partial charge in [0.2, 0.25) is 0 Å². The van der Waals surface area contributed by atoms with E-state index in [0.717, 1.165) is 18.2 Å². The average Bonchev–Trinajstić information content (AvgIpc) is 2.15. The quantitative estimate of drug-likeness (QED) is 0.383. The van der Waals surface area contributed by atoms with Crippen molar-refractivity contribution in [2.24, 2.45) is 0 Å². The summed E-state index contributed by atoms with van der Waals surface area (Å²) in [5.74, 6) is 3.55. The van der Waals surface area contributed by atoms with Crippen LogP contribution in [0.1, 0.15) is 5.56 Å². The van der Waals surface area contributed by atoms with Crippen molar-refractivity contribution in [2.45, 2.75) is 0 Å². The molecule has 14 heavy (non-hydrogen) atoms. The first-order valence-electron chi connectivity index (χ1n) is 3.49. The Labute approximate surface area is 78.7 Å². The molecule has 0 saturated heterocycles. The Morgan fingerprint density at radius 2 is 2.21 bits per heavy atom. The first-order valence-corrected chi connectivity index (χ1v) is 3.49. The molecule has 1 aromatic carbocycles. The van der Waals surface area contributed by atoms with Crippen LogP contribution in [0.25, 0.3) is 0 Å². The Balaban J connectivity index is 3.30. The van der Waals surface area contributed by atoms with E-state index in [4.69, 9.17) is 5.26 Å². The lowest BCUT2D eigenvalue weighted by Gasteiger charge is -1.94. The van der Waals surface area contributed by atoms with Gasteiger partial charge in [-0.05, 0) is 18.1 Å². The third-order valence-electron chi connectivity index (χ3n) is 1.41. The lowest BCUT2D eigenvalue weighted by molar-refractivity contribution is -0.385. The molecule has 5 heteroatoms. The van der Waals surface area contributed by atoms with Gasteiger partial charge < -0.3 is 0 Å². The minimum Gasteiger partial charge on any atom is -0.258 e. The van der Waals surface area contributed by atoms with Crippen LogP contribution in [-0.2, 0) is 0 Å². The third kappa shape index (κ3) is 2.05. The zero-order chi connectivity index (χ0) is 10.6. The number of nitro benzene ring substituents is 1. The number of nitriles is 1. The van der Waals surface area contributed by atoms with Crippen LogP contribution in [0.5, 0.6) is 0 Å². The van der Waals surface area contributed by atoms with Crippen LogP contribution in [0.3, 0.4) is 0 Å². The Bertz CT molecular complexity index is 480. The van der Waals surface area contributed by atoms with Crippen molar-refractivity contribution in [2.75, 3.05) is 0 Å². The number of benzene rings is 1. The molecule has 0 unspecified atom stereocenters. The van der Waals surface area contributed by atoms with E-state index < -0.39 is 16.4 Å². The molecule has 0 aliphatic carbocycles. The maximum Gasteiger partial charge on any atom is 0.287 e. The van der Waals surface area contributed by atoms with Crippen molar-refractivity contribution in [3.05, 3.63) is 39.7 Å². The summed E-state index contributed by atoms with van der Waals surface area (Å²) in [6, 6.07) is 4.50. The van der Waals surface area contributed by atoms with Gasteiger partial charge in [-0.1, -0.05) is 0 Å². The predicted molar refractivity (Wildman–Crippen MR) is 45.5 cm³/mol. The minimum atomic E-state index is -0.746. The van der Waals surface area contributed by atoms with Crippen molar-refractivity contribution in [1.82, 2.24) is 0 Å². The van der Waals surface area contributed by atoms with E-state index in [0.29, 0.717) is 0 Å². The molecule has 0 aliphatic heterocycles. The molecule has 68 valence electrons. The van der Waals surface area contributed by atoms with E-state index in [1.807, 2.05) is 5.92 Å². The first-order chi connectivity index (χ1) is 6.65. The number of nitro groups is 1. The molecular weight excluding hydrogens is 187 g/mol. The van der Waals surface area contributed by atoms with Gasteiger partial charge in [0.05, 0.1) is 11.0 Å². The summed E-state index contributed by atoms with van der Waals surface area (Å²) in [6.45, 7) is 0. The Kier molecular flexibility index (Phi) is 2.78. The highest BCUT2D eigenvalue weighted by Gasteiger charge is 2.12. The van der Waals surface area contributed by atoms with Crippen molar-refractivity contribution in [3.63, 3.8) is 0 Å². The highest BCUT2D eigenvalue weighted by molar-refractivity contribution is 5.52. The van der Waals surface area contributed by atoms with Crippen LogP contribution in [0.2, 0.25) is 0 Å². The van der Waals surface area contributed by atoms with Crippen LogP contribution in [-0.4, -0.2) is 4.92 Å². The van der Waals surface area contributed by atoms with Gasteiger partial charge in [-0.3, -0.25) is 10.1 Å². The van der Waals surface area contributed by atoms with E-state index in [2.05, 4.69) is 5.92 Å². The maximum absolute atomic E-state index is 12.6. The fourth-order valence-electron chi connectivity index (χ4n) is 0.857. The summed E-state index contributed by atoms with van der Waals surface area (Å²) < 4.78 is 12.6. The summed E-state index contributed by atoms with van der Waals surface area (Å²) in [4.78, 5) is 9.68. The molecule has 0 radical (unpaired) electrons. The normalized spacial score (nSPS) is 8.29. The van der Waals surface area contributed by atoms with Gasteiger partial charge in [0, 0.05) is 5.92 Å². The van der Waals surface area contributed by atoms with Crippen LogP contribution < -0.4 is 0 Å². The molecular formula is C9H3FN2O2. The van der Waals surface area contributed by atoms with Crippen molar-refractivity contribution in [1.29, 1.82) is 5.26 Å². The van der Waals surface area contributed by atoms with Gasteiger partial charge >= 0.3 is 0 Å². The smallest absolute Gasteiger partial charge is 0.258 e. The number of hydrogen-bond donors (Lipinski definition) is 0. The number of halogens is 1. The van der Waals surface area contributed by atoms with Gasteiger partial charge in [0.1, 0.15) is 11.4 Å². The van der Waals surface area contributed by atoms with Gasteiger partial charge in [0.25, 0.3) is 5.69 Å². The molecule has 0 atom stereocenters. The fourth-order valence-corrected chi connectivity index (χ4v) is 0.857. The third-order valence-corrected chi connectivity index (χ3v) is 1.41. The molecule has 0 aliphatic rings. The zero-order valence-electron chi connectivity index (χ0n) is 6.82. The molecule has 0 N–H and O–H groups in total. The minimum absolute atomic E-state index is 0.0259. The number of nitrogens with zero attached hydrogens (tertiary/aromatic N) is 2. The first kappa shape index (κ1) is 9.69. The van der Waals surface area contributed by atoms with Gasteiger partial charge in [-0.25, -0.2) is 4.39 Å². The van der Waals surface area contributed by atoms with Crippen LogP contribution in [0.15, 0.2) is 18.2 Å². The number of rotatable bonds is 1. The average molecular weight is 190 g/mol. The van der Waals surface area contributed by atoms with Gasteiger partial charge in [-0.2, -0.15) is 5.26 Å². The summed E-state index contributed by atoms with van der Waals surface area (Å²) >= 11 is 0. The SMILES string of the molecule is N#CC#Cc1ccc(F)cc1[N+](=O)[O-]. The fraction of sp³-hybridized carbons (Fsp3) is 0. The number of hydrogen-bond acceptors (Lipinski definition) is 3.